The van der Waals surface area contributed by atoms with Crippen molar-refractivity contribution in [1.82, 2.24) is 5.32 Å². The van der Waals surface area contributed by atoms with E-state index in [4.69, 9.17) is 14.2 Å². The first-order chi connectivity index (χ1) is 16.8. The molecule has 0 amide bonds. The second-order valence-corrected chi connectivity index (χ2v) is 8.62. The van der Waals surface area contributed by atoms with Crippen LogP contribution in [0.25, 0.3) is 0 Å². The predicted octanol–water partition coefficient (Wildman–Crippen LogP) is 4.84. The molecule has 2 atom stereocenters. The molecule has 1 heterocycles. The summed E-state index contributed by atoms with van der Waals surface area (Å²) in [7, 11) is 1.50. The molecule has 2 aliphatic rings. The van der Waals surface area contributed by atoms with E-state index >= 15 is 4.39 Å². The lowest BCUT2D eigenvalue weighted by atomic mass is 9.80. The van der Waals surface area contributed by atoms with Crippen molar-refractivity contribution in [3.8, 4) is 0 Å². The van der Waals surface area contributed by atoms with Crippen LogP contribution >= 0.6 is 0 Å². The summed E-state index contributed by atoms with van der Waals surface area (Å²) in [6, 6.07) is 12.9. The van der Waals surface area contributed by atoms with Crippen LogP contribution in [0.5, 0.6) is 0 Å². The molecule has 0 bridgehead atoms. The minimum Gasteiger partial charge on any atom is -0.459 e. The first kappa shape index (κ1) is 24.6. The highest BCUT2D eigenvalue weighted by atomic mass is 19.2. The van der Waals surface area contributed by atoms with E-state index in [9.17, 15) is 14.0 Å². The highest BCUT2D eigenvalue weighted by Gasteiger charge is 2.41. The summed E-state index contributed by atoms with van der Waals surface area (Å²) in [5.41, 5.74) is 1.49. The lowest BCUT2D eigenvalue weighted by Crippen LogP contribution is -2.33. The van der Waals surface area contributed by atoms with Crippen molar-refractivity contribution in [2.24, 2.45) is 0 Å². The number of methoxy groups -OCH3 is 1. The number of allylic oxidation sites excluding steroid dienone is 2. The van der Waals surface area contributed by atoms with Gasteiger partial charge in [-0.3, -0.25) is 0 Å². The van der Waals surface area contributed by atoms with Crippen LogP contribution in [0.3, 0.4) is 0 Å². The Morgan fingerprint density at radius 1 is 0.971 bits per heavy atom. The number of benzene rings is 2. The smallest absolute Gasteiger partial charge is 0.337 e. The van der Waals surface area contributed by atoms with Crippen molar-refractivity contribution < 1.29 is 32.6 Å². The number of hydrogen-bond acceptors (Lipinski definition) is 6. The number of ether oxygens (including phenoxy) is 3. The maximum atomic E-state index is 15.0. The molecule has 1 N–H and O–H groups in total. The molecule has 1 saturated carbocycles. The first-order valence-corrected chi connectivity index (χ1v) is 11.4. The molecule has 35 heavy (non-hydrogen) atoms. The van der Waals surface area contributed by atoms with Crippen molar-refractivity contribution in [3.05, 3.63) is 93.8 Å². The number of nitrogens with one attached hydrogen (secondary N) is 1. The molecule has 0 saturated heterocycles. The van der Waals surface area contributed by atoms with Crippen LogP contribution in [0.1, 0.15) is 49.8 Å². The van der Waals surface area contributed by atoms with Gasteiger partial charge >= 0.3 is 11.9 Å². The fraction of sp³-hybridized carbons (Fsp3) is 0.333. The summed E-state index contributed by atoms with van der Waals surface area (Å²) in [5.74, 6) is -4.87. The minimum atomic E-state index is -1.21. The van der Waals surface area contributed by atoms with Gasteiger partial charge in [-0.2, -0.15) is 0 Å². The Bertz CT molecular complexity index is 1190. The average molecular weight is 484 g/mol. The standard InChI is InChI=1S/C27H27F2NO5/c1-15-22(26(31)34-14-21(33-3)17-8-5-4-6-9-17)24(19-10-7-11-20(28)25(19)29)23(16(2)30-15)27(32)35-18-12-13-18/h4-11,18,21,24,30H,12-14H2,1-3H3/t21-,24?/m1/s1. The summed E-state index contributed by atoms with van der Waals surface area (Å²) in [6.07, 6.45) is 0.744. The number of halogens is 2. The van der Waals surface area contributed by atoms with Crippen LogP contribution in [0.4, 0.5) is 8.78 Å². The fourth-order valence-corrected chi connectivity index (χ4v) is 4.19. The van der Waals surface area contributed by atoms with Crippen LogP contribution in [0, 0.1) is 11.6 Å². The molecule has 8 heteroatoms. The normalized spacial score (nSPS) is 18.7. The van der Waals surface area contributed by atoms with E-state index in [1.165, 1.54) is 19.2 Å². The molecular formula is C27H27F2NO5. The van der Waals surface area contributed by atoms with Crippen molar-refractivity contribution in [3.63, 3.8) is 0 Å². The van der Waals surface area contributed by atoms with Crippen molar-refractivity contribution in [2.75, 3.05) is 13.7 Å². The third-order valence-corrected chi connectivity index (χ3v) is 6.11. The molecule has 6 nitrogen and oxygen atoms in total. The van der Waals surface area contributed by atoms with Crippen LogP contribution in [-0.2, 0) is 23.8 Å². The van der Waals surface area contributed by atoms with E-state index < -0.39 is 35.6 Å². The maximum Gasteiger partial charge on any atom is 0.337 e. The van der Waals surface area contributed by atoms with E-state index in [1.807, 2.05) is 30.3 Å². The molecule has 2 aromatic carbocycles. The van der Waals surface area contributed by atoms with Crippen LogP contribution in [0.2, 0.25) is 0 Å². The van der Waals surface area contributed by atoms with Crippen LogP contribution < -0.4 is 5.32 Å². The molecule has 1 aliphatic heterocycles. The van der Waals surface area contributed by atoms with Gasteiger partial charge in [-0.15, -0.1) is 0 Å². The van der Waals surface area contributed by atoms with Gasteiger partial charge in [-0.1, -0.05) is 42.5 Å². The zero-order chi connectivity index (χ0) is 25.1. The molecule has 1 aliphatic carbocycles. The average Bonchev–Trinajstić information content (AvgIpc) is 3.65. The van der Waals surface area contributed by atoms with Gasteiger partial charge in [0.05, 0.1) is 17.1 Å². The number of carbonyl (C=O) groups excluding carboxylic acids is 2. The Labute approximate surface area is 202 Å². The maximum absolute atomic E-state index is 15.0. The molecule has 1 unspecified atom stereocenters. The lowest BCUT2D eigenvalue weighted by molar-refractivity contribution is -0.143. The zero-order valence-corrected chi connectivity index (χ0v) is 19.8. The largest absolute Gasteiger partial charge is 0.459 e. The van der Waals surface area contributed by atoms with E-state index in [-0.39, 0.29) is 29.4 Å². The van der Waals surface area contributed by atoms with E-state index in [2.05, 4.69) is 5.32 Å². The molecule has 0 aromatic heterocycles. The van der Waals surface area contributed by atoms with Gasteiger partial charge in [-0.25, -0.2) is 18.4 Å². The van der Waals surface area contributed by atoms with E-state index in [1.54, 1.807) is 13.8 Å². The van der Waals surface area contributed by atoms with Crippen molar-refractivity contribution >= 4 is 11.9 Å². The Hall–Kier alpha value is -3.52. The van der Waals surface area contributed by atoms with Gasteiger partial charge in [0.15, 0.2) is 11.6 Å². The Balaban J connectivity index is 1.69. The second kappa shape index (κ2) is 10.4. The summed E-state index contributed by atoms with van der Waals surface area (Å²) in [6.45, 7) is 3.15. The number of hydrogen-bond donors (Lipinski definition) is 1. The summed E-state index contributed by atoms with van der Waals surface area (Å²) in [4.78, 5) is 26.5. The van der Waals surface area contributed by atoms with Gasteiger partial charge in [0, 0.05) is 24.1 Å². The van der Waals surface area contributed by atoms with E-state index in [0.717, 1.165) is 24.5 Å². The van der Waals surface area contributed by atoms with Gasteiger partial charge in [0.1, 0.15) is 18.8 Å². The Morgan fingerprint density at radius 3 is 2.26 bits per heavy atom. The second-order valence-electron chi connectivity index (χ2n) is 8.62. The molecular weight excluding hydrogens is 456 g/mol. The quantitative estimate of drug-likeness (QED) is 0.542. The van der Waals surface area contributed by atoms with Gasteiger partial charge < -0.3 is 19.5 Å². The molecule has 1 fully saturated rings. The number of esters is 2. The van der Waals surface area contributed by atoms with Gasteiger partial charge in [-0.05, 0) is 38.3 Å². The summed E-state index contributed by atoms with van der Waals surface area (Å²) < 4.78 is 45.8. The topological polar surface area (TPSA) is 73.9 Å². The molecule has 2 aromatic rings. The lowest BCUT2D eigenvalue weighted by Gasteiger charge is -2.31. The molecule has 4 rings (SSSR count). The third-order valence-electron chi connectivity index (χ3n) is 6.11. The Kier molecular flexibility index (Phi) is 7.31. The molecule has 0 spiro atoms. The SMILES string of the molecule is CO[C@H](COC(=O)C1=C(C)NC(C)=C(C(=O)OC2CC2)C1c1cccc(F)c1F)c1ccccc1. The van der Waals surface area contributed by atoms with Gasteiger partial charge in [0.25, 0.3) is 0 Å². The van der Waals surface area contributed by atoms with Crippen LogP contribution in [0.15, 0.2) is 71.1 Å². The summed E-state index contributed by atoms with van der Waals surface area (Å²) >= 11 is 0. The summed E-state index contributed by atoms with van der Waals surface area (Å²) in [5, 5.41) is 3.01. The van der Waals surface area contributed by atoms with Gasteiger partial charge in [0.2, 0.25) is 0 Å². The van der Waals surface area contributed by atoms with E-state index in [0.29, 0.717) is 11.4 Å². The Morgan fingerprint density at radius 2 is 1.63 bits per heavy atom. The van der Waals surface area contributed by atoms with Crippen molar-refractivity contribution in [1.29, 1.82) is 0 Å². The fourth-order valence-electron chi connectivity index (χ4n) is 4.19. The number of dihydropyridines is 1. The minimum absolute atomic E-state index is 0.00533. The molecule has 0 radical (unpaired) electrons. The predicted molar refractivity (Wildman–Crippen MR) is 124 cm³/mol. The molecule has 184 valence electrons. The monoisotopic (exact) mass is 483 g/mol. The van der Waals surface area contributed by atoms with Crippen LogP contribution in [-0.4, -0.2) is 31.8 Å². The highest BCUT2D eigenvalue weighted by molar-refractivity contribution is 6.00. The zero-order valence-electron chi connectivity index (χ0n) is 19.8. The highest BCUT2D eigenvalue weighted by Crippen LogP contribution is 2.41. The first-order valence-electron chi connectivity index (χ1n) is 11.4. The number of rotatable bonds is 8. The van der Waals surface area contributed by atoms with Crippen molar-refractivity contribution in [2.45, 2.75) is 44.8 Å². The third kappa shape index (κ3) is 5.27. The number of carbonyl (C=O) groups is 2.